The number of benzene rings is 2. The second-order valence-corrected chi connectivity index (χ2v) is 5.07. The highest BCUT2D eigenvalue weighted by Gasteiger charge is 2.09. The first kappa shape index (κ1) is 15.5. The van der Waals surface area contributed by atoms with Crippen molar-refractivity contribution in [3.05, 3.63) is 58.1 Å². The van der Waals surface area contributed by atoms with Crippen molar-refractivity contribution in [3.63, 3.8) is 0 Å². The van der Waals surface area contributed by atoms with E-state index in [1.54, 1.807) is 25.3 Å². The number of carbonyl (C=O) groups excluding carboxylic acids is 1. The number of hydrogen-bond acceptors (Lipinski definition) is 2. The maximum Gasteiger partial charge on any atom is 0.319 e. The summed E-state index contributed by atoms with van der Waals surface area (Å²) in [5.41, 5.74) is 1.32. The van der Waals surface area contributed by atoms with Crippen LogP contribution in [0.5, 0.6) is 5.75 Å². The second kappa shape index (κ2) is 7.20. The Balaban J connectivity index is 1.96. The van der Waals surface area contributed by atoms with E-state index in [1.165, 1.54) is 0 Å². The molecule has 0 aliphatic rings. The molecule has 0 atom stereocenters. The van der Waals surface area contributed by atoms with Gasteiger partial charge in [0.25, 0.3) is 0 Å². The van der Waals surface area contributed by atoms with Crippen molar-refractivity contribution in [3.8, 4) is 5.75 Å². The van der Waals surface area contributed by atoms with E-state index in [0.29, 0.717) is 22.3 Å². The zero-order valence-corrected chi connectivity index (χ0v) is 12.8. The summed E-state index contributed by atoms with van der Waals surface area (Å²) in [6.45, 7) is 0.366. The number of anilines is 1. The van der Waals surface area contributed by atoms with Gasteiger partial charge in [-0.15, -0.1) is 0 Å². The molecule has 2 rings (SSSR count). The van der Waals surface area contributed by atoms with Crippen LogP contribution in [0.2, 0.25) is 10.0 Å². The van der Waals surface area contributed by atoms with Crippen molar-refractivity contribution in [1.29, 1.82) is 0 Å². The first-order valence-corrected chi connectivity index (χ1v) is 6.97. The molecule has 21 heavy (non-hydrogen) atoms. The third-order valence-corrected chi connectivity index (χ3v) is 3.42. The Labute approximate surface area is 133 Å². The van der Waals surface area contributed by atoms with E-state index in [-0.39, 0.29) is 6.03 Å². The summed E-state index contributed by atoms with van der Waals surface area (Å²) in [5.74, 6) is 0.740. The van der Waals surface area contributed by atoms with Crippen LogP contribution in [0.15, 0.2) is 42.5 Å². The molecule has 4 nitrogen and oxygen atoms in total. The molecule has 6 heteroatoms. The van der Waals surface area contributed by atoms with Gasteiger partial charge in [0, 0.05) is 6.54 Å². The number of urea groups is 1. The highest BCUT2D eigenvalue weighted by molar-refractivity contribution is 6.39. The Kier molecular flexibility index (Phi) is 5.31. The van der Waals surface area contributed by atoms with Crippen LogP contribution in [-0.4, -0.2) is 13.1 Å². The van der Waals surface area contributed by atoms with Crippen molar-refractivity contribution < 1.29 is 9.53 Å². The monoisotopic (exact) mass is 324 g/mol. The Morgan fingerprint density at radius 1 is 1.14 bits per heavy atom. The predicted molar refractivity (Wildman–Crippen MR) is 85.3 cm³/mol. The average molecular weight is 325 g/mol. The summed E-state index contributed by atoms with van der Waals surface area (Å²) in [6, 6.07) is 12.1. The van der Waals surface area contributed by atoms with Gasteiger partial charge in [0.1, 0.15) is 5.75 Å². The van der Waals surface area contributed by atoms with Crippen LogP contribution in [0, 0.1) is 0 Å². The molecular formula is C15H14Cl2N2O2. The van der Waals surface area contributed by atoms with Crippen molar-refractivity contribution in [2.24, 2.45) is 0 Å². The zero-order valence-electron chi connectivity index (χ0n) is 11.3. The second-order valence-electron chi connectivity index (χ2n) is 4.26. The molecule has 2 N–H and O–H groups in total. The molecule has 2 amide bonds. The molecule has 2 aromatic rings. The van der Waals surface area contributed by atoms with Gasteiger partial charge < -0.3 is 15.4 Å². The minimum Gasteiger partial charge on any atom is -0.497 e. The molecule has 0 spiro atoms. The van der Waals surface area contributed by atoms with Crippen molar-refractivity contribution in [1.82, 2.24) is 5.32 Å². The Hall–Kier alpha value is -1.91. The van der Waals surface area contributed by atoms with Crippen LogP contribution in [0.25, 0.3) is 0 Å². The normalized spacial score (nSPS) is 10.0. The average Bonchev–Trinajstić information content (AvgIpc) is 2.49. The van der Waals surface area contributed by atoms with Crippen molar-refractivity contribution in [2.45, 2.75) is 6.54 Å². The van der Waals surface area contributed by atoms with Gasteiger partial charge in [0.05, 0.1) is 22.8 Å². The van der Waals surface area contributed by atoms with Crippen LogP contribution in [-0.2, 0) is 6.54 Å². The summed E-state index contributed by atoms with van der Waals surface area (Å²) in [4.78, 5) is 11.9. The van der Waals surface area contributed by atoms with Gasteiger partial charge in [-0.3, -0.25) is 0 Å². The zero-order chi connectivity index (χ0) is 15.2. The van der Waals surface area contributed by atoms with E-state index in [2.05, 4.69) is 10.6 Å². The lowest BCUT2D eigenvalue weighted by molar-refractivity contribution is 0.251. The molecule has 0 heterocycles. The molecule has 0 aromatic heterocycles. The molecule has 0 bridgehead atoms. The lowest BCUT2D eigenvalue weighted by Gasteiger charge is -2.11. The van der Waals surface area contributed by atoms with Gasteiger partial charge in [0.15, 0.2) is 0 Å². The van der Waals surface area contributed by atoms with Gasteiger partial charge in [-0.25, -0.2) is 4.79 Å². The van der Waals surface area contributed by atoms with Gasteiger partial charge in [-0.05, 0) is 29.8 Å². The molecule has 0 saturated heterocycles. The quantitative estimate of drug-likeness (QED) is 0.879. The Bertz CT molecular complexity index is 627. The minimum atomic E-state index is -0.382. The van der Waals surface area contributed by atoms with Crippen molar-refractivity contribution >= 4 is 34.9 Å². The molecule has 0 saturated carbocycles. The Morgan fingerprint density at radius 3 is 2.48 bits per heavy atom. The number of amides is 2. The predicted octanol–water partition coefficient (Wildman–Crippen LogP) is 4.32. The topological polar surface area (TPSA) is 50.4 Å². The Morgan fingerprint density at radius 2 is 1.81 bits per heavy atom. The molecule has 0 aliphatic carbocycles. The summed E-state index contributed by atoms with van der Waals surface area (Å²) < 4.78 is 5.13. The van der Waals surface area contributed by atoms with E-state index in [4.69, 9.17) is 27.9 Å². The van der Waals surface area contributed by atoms with Gasteiger partial charge in [0.2, 0.25) is 0 Å². The summed E-state index contributed by atoms with van der Waals surface area (Å²) in [7, 11) is 1.60. The van der Waals surface area contributed by atoms with E-state index in [1.807, 2.05) is 24.3 Å². The summed E-state index contributed by atoms with van der Waals surface area (Å²) in [5, 5.41) is 6.14. The van der Waals surface area contributed by atoms with Crippen LogP contribution in [0.3, 0.4) is 0 Å². The third-order valence-electron chi connectivity index (χ3n) is 2.79. The lowest BCUT2D eigenvalue weighted by Crippen LogP contribution is -2.28. The maximum absolute atomic E-state index is 11.9. The van der Waals surface area contributed by atoms with Gasteiger partial charge in [-0.1, -0.05) is 41.4 Å². The van der Waals surface area contributed by atoms with E-state index < -0.39 is 0 Å². The summed E-state index contributed by atoms with van der Waals surface area (Å²) in [6.07, 6.45) is 0. The third kappa shape index (κ3) is 4.28. The SMILES string of the molecule is COc1cccc(CNC(=O)Nc2c(Cl)cccc2Cl)c1. The number of para-hydroxylation sites is 1. The maximum atomic E-state index is 11.9. The molecule has 110 valence electrons. The number of halogens is 2. The van der Waals surface area contributed by atoms with Crippen LogP contribution >= 0.6 is 23.2 Å². The largest absolute Gasteiger partial charge is 0.497 e. The molecule has 0 fully saturated rings. The first-order valence-electron chi connectivity index (χ1n) is 6.22. The van der Waals surface area contributed by atoms with Crippen LogP contribution in [0.1, 0.15) is 5.56 Å². The highest BCUT2D eigenvalue weighted by atomic mass is 35.5. The minimum absolute atomic E-state index is 0.366. The van der Waals surface area contributed by atoms with Gasteiger partial charge in [-0.2, -0.15) is 0 Å². The summed E-state index contributed by atoms with van der Waals surface area (Å²) >= 11 is 12.0. The highest BCUT2D eigenvalue weighted by Crippen LogP contribution is 2.29. The fourth-order valence-corrected chi connectivity index (χ4v) is 2.23. The molecular weight excluding hydrogens is 311 g/mol. The number of hydrogen-bond donors (Lipinski definition) is 2. The molecule has 0 aliphatic heterocycles. The van der Waals surface area contributed by atoms with Gasteiger partial charge >= 0.3 is 6.03 Å². The number of nitrogens with one attached hydrogen (secondary N) is 2. The molecule has 2 aromatic carbocycles. The van der Waals surface area contributed by atoms with Crippen LogP contribution < -0.4 is 15.4 Å². The smallest absolute Gasteiger partial charge is 0.319 e. The fourth-order valence-electron chi connectivity index (χ4n) is 1.74. The number of methoxy groups -OCH3 is 1. The van der Waals surface area contributed by atoms with E-state index >= 15 is 0 Å². The van der Waals surface area contributed by atoms with Crippen LogP contribution in [0.4, 0.5) is 10.5 Å². The first-order chi connectivity index (χ1) is 10.1. The lowest BCUT2D eigenvalue weighted by atomic mass is 10.2. The molecule has 0 unspecified atom stereocenters. The fraction of sp³-hybridized carbons (Fsp3) is 0.133. The van der Waals surface area contributed by atoms with Crippen molar-refractivity contribution in [2.75, 3.05) is 12.4 Å². The number of ether oxygens (including phenoxy) is 1. The number of rotatable bonds is 4. The molecule has 0 radical (unpaired) electrons. The number of carbonyl (C=O) groups is 1. The van der Waals surface area contributed by atoms with E-state index in [0.717, 1.165) is 11.3 Å². The van der Waals surface area contributed by atoms with E-state index in [9.17, 15) is 4.79 Å². The standard InChI is InChI=1S/C15H14Cl2N2O2/c1-21-11-5-2-4-10(8-11)9-18-15(20)19-14-12(16)6-3-7-13(14)17/h2-8H,9H2,1H3,(H2,18,19,20).